The van der Waals surface area contributed by atoms with Crippen LogP contribution >= 0.6 is 0 Å². The van der Waals surface area contributed by atoms with E-state index in [1.807, 2.05) is 12.4 Å². The van der Waals surface area contributed by atoms with E-state index in [1.165, 1.54) is 25.0 Å². The van der Waals surface area contributed by atoms with Gasteiger partial charge in [-0.3, -0.25) is 4.90 Å². The Morgan fingerprint density at radius 1 is 1.33 bits per heavy atom. The molecule has 0 saturated heterocycles. The molecule has 2 aliphatic carbocycles. The zero-order valence-corrected chi connectivity index (χ0v) is 12.8. The summed E-state index contributed by atoms with van der Waals surface area (Å²) < 4.78 is 8.17. The van der Waals surface area contributed by atoms with Crippen molar-refractivity contribution in [2.24, 2.45) is 13.0 Å². The first-order valence-electron chi connectivity index (χ1n) is 7.99. The number of imidazole rings is 1. The number of furan rings is 1. The van der Waals surface area contributed by atoms with Crippen LogP contribution in [0, 0.1) is 5.92 Å². The van der Waals surface area contributed by atoms with E-state index in [1.54, 1.807) is 0 Å². The Morgan fingerprint density at radius 3 is 2.76 bits per heavy atom. The topological polar surface area (TPSA) is 34.2 Å². The van der Waals surface area contributed by atoms with Crippen LogP contribution in [0.15, 0.2) is 28.9 Å². The van der Waals surface area contributed by atoms with Crippen molar-refractivity contribution in [2.75, 3.05) is 0 Å². The first-order chi connectivity index (χ1) is 10.2. The number of rotatable bonds is 6. The lowest BCUT2D eigenvalue weighted by Crippen LogP contribution is -2.26. The van der Waals surface area contributed by atoms with Crippen LogP contribution in [0.5, 0.6) is 0 Å². The number of nitrogens with zero attached hydrogens (tertiary/aromatic N) is 3. The Balaban J connectivity index is 1.45. The summed E-state index contributed by atoms with van der Waals surface area (Å²) in [5, 5.41) is 0. The van der Waals surface area contributed by atoms with Crippen LogP contribution in [-0.2, 0) is 20.1 Å². The third-order valence-corrected chi connectivity index (χ3v) is 4.85. The van der Waals surface area contributed by atoms with Gasteiger partial charge in [-0.2, -0.15) is 0 Å². The summed E-state index contributed by atoms with van der Waals surface area (Å²) in [6.45, 7) is 4.10. The summed E-state index contributed by atoms with van der Waals surface area (Å²) in [6, 6.07) is 5.04. The van der Waals surface area contributed by atoms with Crippen molar-refractivity contribution >= 4 is 0 Å². The highest BCUT2D eigenvalue weighted by atomic mass is 16.3. The molecule has 2 aromatic rings. The Bertz CT molecular complexity index is 626. The summed E-state index contributed by atoms with van der Waals surface area (Å²) in [7, 11) is 2.06. The molecule has 2 aromatic heterocycles. The number of aryl methyl sites for hydroxylation is 1. The predicted octanol–water partition coefficient (Wildman–Crippen LogP) is 3.30. The van der Waals surface area contributed by atoms with Gasteiger partial charge in [0.1, 0.15) is 17.3 Å². The molecule has 4 heteroatoms. The minimum Gasteiger partial charge on any atom is -0.464 e. The molecule has 0 amide bonds. The molecule has 0 aliphatic heterocycles. The Labute approximate surface area is 125 Å². The first-order valence-corrected chi connectivity index (χ1v) is 7.99. The molecular weight excluding hydrogens is 262 g/mol. The zero-order chi connectivity index (χ0) is 14.4. The van der Waals surface area contributed by atoms with Crippen molar-refractivity contribution in [3.8, 4) is 0 Å². The molecule has 0 N–H and O–H groups in total. The van der Waals surface area contributed by atoms with E-state index in [4.69, 9.17) is 4.42 Å². The molecule has 2 aliphatic rings. The van der Waals surface area contributed by atoms with Crippen LogP contribution in [0.1, 0.15) is 49.4 Å². The lowest BCUT2D eigenvalue weighted by molar-refractivity contribution is 0.216. The second-order valence-electron chi connectivity index (χ2n) is 6.71. The Morgan fingerprint density at radius 2 is 2.14 bits per heavy atom. The maximum atomic E-state index is 6.07. The molecule has 0 bridgehead atoms. The van der Waals surface area contributed by atoms with E-state index in [0.717, 1.165) is 30.6 Å². The molecule has 2 fully saturated rings. The third kappa shape index (κ3) is 2.77. The van der Waals surface area contributed by atoms with Crippen molar-refractivity contribution in [3.05, 3.63) is 41.9 Å². The summed E-state index contributed by atoms with van der Waals surface area (Å²) in [4.78, 5) is 6.95. The summed E-state index contributed by atoms with van der Waals surface area (Å²) >= 11 is 0. The van der Waals surface area contributed by atoms with Gasteiger partial charge in [-0.05, 0) is 37.3 Å². The lowest BCUT2D eigenvalue weighted by Gasteiger charge is -2.20. The van der Waals surface area contributed by atoms with E-state index < -0.39 is 0 Å². The average molecular weight is 285 g/mol. The van der Waals surface area contributed by atoms with E-state index in [0.29, 0.717) is 12.0 Å². The lowest BCUT2D eigenvalue weighted by atomic mass is 10.3. The fourth-order valence-electron chi connectivity index (χ4n) is 3.08. The maximum absolute atomic E-state index is 6.07. The summed E-state index contributed by atoms with van der Waals surface area (Å²) in [5.41, 5.74) is 0. The normalized spacial score (nSPS) is 24.7. The van der Waals surface area contributed by atoms with Crippen LogP contribution in [-0.4, -0.2) is 20.5 Å². The molecule has 0 radical (unpaired) electrons. The molecule has 0 unspecified atom stereocenters. The zero-order valence-electron chi connectivity index (χ0n) is 12.8. The van der Waals surface area contributed by atoms with Crippen LogP contribution in [0.2, 0.25) is 0 Å². The summed E-state index contributed by atoms with van der Waals surface area (Å²) in [5.74, 6) is 4.89. The van der Waals surface area contributed by atoms with Crippen molar-refractivity contribution < 1.29 is 4.42 Å². The van der Waals surface area contributed by atoms with E-state index >= 15 is 0 Å². The van der Waals surface area contributed by atoms with Gasteiger partial charge in [0, 0.05) is 31.4 Å². The minimum absolute atomic E-state index is 0.669. The van der Waals surface area contributed by atoms with E-state index in [2.05, 4.69) is 40.6 Å². The highest BCUT2D eigenvalue weighted by Crippen LogP contribution is 2.47. The van der Waals surface area contributed by atoms with Gasteiger partial charge in [-0.15, -0.1) is 0 Å². The van der Waals surface area contributed by atoms with Crippen LogP contribution in [0.4, 0.5) is 0 Å². The fraction of sp³-hybridized carbons (Fsp3) is 0.588. The van der Waals surface area contributed by atoms with Crippen LogP contribution in [0.3, 0.4) is 0 Å². The van der Waals surface area contributed by atoms with Crippen molar-refractivity contribution in [1.82, 2.24) is 14.5 Å². The monoisotopic (exact) mass is 285 g/mol. The van der Waals surface area contributed by atoms with Crippen LogP contribution in [0.25, 0.3) is 0 Å². The average Bonchev–Trinajstić information content (AvgIpc) is 3.35. The SMILES string of the molecule is C[C@@H]1C[C@@H]1c1ccc(CN(Cc2nccn2C)C2CC2)o1. The molecule has 2 heterocycles. The van der Waals surface area contributed by atoms with Crippen molar-refractivity contribution in [1.29, 1.82) is 0 Å². The largest absolute Gasteiger partial charge is 0.464 e. The molecule has 2 atom stereocenters. The quantitative estimate of drug-likeness (QED) is 0.816. The van der Waals surface area contributed by atoms with Gasteiger partial charge in [-0.1, -0.05) is 6.92 Å². The molecule has 2 saturated carbocycles. The number of hydrogen-bond acceptors (Lipinski definition) is 3. The second kappa shape index (κ2) is 5.02. The van der Waals surface area contributed by atoms with Gasteiger partial charge >= 0.3 is 0 Å². The molecule has 4 rings (SSSR count). The van der Waals surface area contributed by atoms with Gasteiger partial charge in [0.15, 0.2) is 0 Å². The van der Waals surface area contributed by atoms with Crippen molar-refractivity contribution in [3.63, 3.8) is 0 Å². The van der Waals surface area contributed by atoms with Gasteiger partial charge in [0.05, 0.1) is 13.1 Å². The summed E-state index contributed by atoms with van der Waals surface area (Å²) in [6.07, 6.45) is 7.78. The highest BCUT2D eigenvalue weighted by Gasteiger charge is 2.37. The standard InChI is InChI=1S/C17H23N3O/c1-12-9-15(12)16-6-5-14(21-16)10-20(13-3-4-13)11-17-18-7-8-19(17)2/h5-8,12-13,15H,3-4,9-11H2,1-2H3/t12-,15+/m1/s1. The van der Waals surface area contributed by atoms with Gasteiger partial charge in [0.25, 0.3) is 0 Å². The van der Waals surface area contributed by atoms with Gasteiger partial charge in [-0.25, -0.2) is 4.98 Å². The number of hydrogen-bond donors (Lipinski definition) is 0. The Kier molecular flexibility index (Phi) is 3.14. The van der Waals surface area contributed by atoms with Gasteiger partial charge in [0.2, 0.25) is 0 Å². The highest BCUT2D eigenvalue weighted by molar-refractivity contribution is 5.17. The Hall–Kier alpha value is -1.55. The second-order valence-corrected chi connectivity index (χ2v) is 6.71. The van der Waals surface area contributed by atoms with Crippen molar-refractivity contribution in [2.45, 2.75) is 51.2 Å². The van der Waals surface area contributed by atoms with E-state index in [9.17, 15) is 0 Å². The third-order valence-electron chi connectivity index (χ3n) is 4.85. The van der Waals surface area contributed by atoms with Crippen LogP contribution < -0.4 is 0 Å². The van der Waals surface area contributed by atoms with E-state index in [-0.39, 0.29) is 0 Å². The fourth-order valence-corrected chi connectivity index (χ4v) is 3.08. The van der Waals surface area contributed by atoms with Gasteiger partial charge < -0.3 is 8.98 Å². The predicted molar refractivity (Wildman–Crippen MR) is 80.7 cm³/mol. The first kappa shape index (κ1) is 13.1. The molecule has 0 aromatic carbocycles. The molecular formula is C17H23N3O. The maximum Gasteiger partial charge on any atom is 0.122 e. The number of aromatic nitrogens is 2. The molecule has 21 heavy (non-hydrogen) atoms. The molecule has 4 nitrogen and oxygen atoms in total. The molecule has 0 spiro atoms. The smallest absolute Gasteiger partial charge is 0.122 e. The minimum atomic E-state index is 0.669. The molecule has 112 valence electrons.